The van der Waals surface area contributed by atoms with Crippen LogP contribution in [0.15, 0.2) is 36.4 Å². The number of aryl methyl sites for hydroxylation is 4. The summed E-state index contributed by atoms with van der Waals surface area (Å²) >= 11 is 0. The van der Waals surface area contributed by atoms with Crippen molar-refractivity contribution in [3.05, 3.63) is 58.7 Å². The number of carbonyl (C=O) groups excluding carboxylic acids is 1. The van der Waals surface area contributed by atoms with E-state index in [-0.39, 0.29) is 5.91 Å². The molecule has 22 heavy (non-hydrogen) atoms. The van der Waals surface area contributed by atoms with Gasteiger partial charge in [0.25, 0.3) is 0 Å². The number of rotatable bonds is 5. The molecule has 0 saturated carbocycles. The minimum atomic E-state index is 0.0330. The third kappa shape index (κ3) is 4.10. The summed E-state index contributed by atoms with van der Waals surface area (Å²) in [5, 5.41) is 6.33. The summed E-state index contributed by atoms with van der Waals surface area (Å²) in [6.45, 7) is 8.84. The summed E-state index contributed by atoms with van der Waals surface area (Å²) < 4.78 is 0. The molecular formula is C19H24N2O. The van der Waals surface area contributed by atoms with Crippen molar-refractivity contribution in [1.82, 2.24) is 0 Å². The molecule has 0 heterocycles. The zero-order valence-electron chi connectivity index (χ0n) is 13.8. The molecule has 0 aliphatic rings. The average Bonchev–Trinajstić information content (AvgIpc) is 2.45. The van der Waals surface area contributed by atoms with Gasteiger partial charge in [0.1, 0.15) is 0 Å². The molecule has 0 bridgehead atoms. The Morgan fingerprint density at radius 2 is 1.64 bits per heavy atom. The Balaban J connectivity index is 1.88. The Morgan fingerprint density at radius 1 is 0.955 bits per heavy atom. The third-order valence-corrected chi connectivity index (χ3v) is 3.79. The van der Waals surface area contributed by atoms with E-state index in [1.807, 2.05) is 32.0 Å². The lowest BCUT2D eigenvalue weighted by atomic mass is 10.1. The normalized spacial score (nSPS) is 10.4. The highest BCUT2D eigenvalue weighted by atomic mass is 16.1. The number of carbonyl (C=O) groups is 1. The van der Waals surface area contributed by atoms with Crippen molar-refractivity contribution in [3.8, 4) is 0 Å². The van der Waals surface area contributed by atoms with E-state index in [2.05, 4.69) is 42.7 Å². The molecule has 0 spiro atoms. The predicted molar refractivity (Wildman–Crippen MR) is 93.6 cm³/mol. The van der Waals surface area contributed by atoms with Crippen molar-refractivity contribution in [2.45, 2.75) is 34.1 Å². The zero-order chi connectivity index (χ0) is 16.1. The van der Waals surface area contributed by atoms with Crippen molar-refractivity contribution in [1.29, 1.82) is 0 Å². The van der Waals surface area contributed by atoms with E-state index < -0.39 is 0 Å². The van der Waals surface area contributed by atoms with E-state index >= 15 is 0 Å². The van der Waals surface area contributed by atoms with Crippen LogP contribution in [0, 0.1) is 27.7 Å². The second-order valence-corrected chi connectivity index (χ2v) is 5.81. The number of anilines is 2. The maximum Gasteiger partial charge on any atom is 0.226 e. The highest BCUT2D eigenvalue weighted by Crippen LogP contribution is 2.19. The largest absolute Gasteiger partial charge is 0.384 e. The number of benzene rings is 2. The van der Waals surface area contributed by atoms with Gasteiger partial charge < -0.3 is 10.6 Å². The van der Waals surface area contributed by atoms with Crippen LogP contribution < -0.4 is 10.6 Å². The molecule has 0 atom stereocenters. The fraction of sp³-hybridized carbons (Fsp3) is 0.316. The molecule has 2 rings (SSSR count). The lowest BCUT2D eigenvalue weighted by Gasteiger charge is -2.13. The van der Waals surface area contributed by atoms with E-state index in [4.69, 9.17) is 0 Å². The van der Waals surface area contributed by atoms with E-state index in [1.165, 1.54) is 16.7 Å². The van der Waals surface area contributed by atoms with E-state index in [0.717, 1.165) is 16.9 Å². The molecule has 3 nitrogen and oxygen atoms in total. The molecule has 0 aromatic heterocycles. The maximum atomic E-state index is 12.1. The molecule has 0 radical (unpaired) electrons. The Labute approximate surface area is 132 Å². The van der Waals surface area contributed by atoms with Crippen molar-refractivity contribution >= 4 is 17.3 Å². The lowest BCUT2D eigenvalue weighted by molar-refractivity contribution is -0.115. The Hall–Kier alpha value is -2.29. The molecule has 2 aromatic rings. The molecular weight excluding hydrogens is 272 g/mol. The van der Waals surface area contributed by atoms with Gasteiger partial charge in [-0.15, -0.1) is 0 Å². The van der Waals surface area contributed by atoms with Gasteiger partial charge in [-0.3, -0.25) is 4.79 Å². The van der Waals surface area contributed by atoms with Crippen LogP contribution in [0.25, 0.3) is 0 Å². The molecule has 0 aliphatic carbocycles. The SMILES string of the molecule is Cc1ccc(NC(=O)CCNc2c(C)cccc2C)c(C)c1. The molecule has 116 valence electrons. The molecule has 3 heteroatoms. The van der Waals surface area contributed by atoms with E-state index in [1.54, 1.807) is 0 Å². The highest BCUT2D eigenvalue weighted by molar-refractivity contribution is 5.91. The Kier molecular flexibility index (Phi) is 5.21. The van der Waals surface area contributed by atoms with Gasteiger partial charge in [0.15, 0.2) is 0 Å². The highest BCUT2D eigenvalue weighted by Gasteiger charge is 2.06. The molecule has 0 unspecified atom stereocenters. The monoisotopic (exact) mass is 296 g/mol. The van der Waals surface area contributed by atoms with Crippen LogP contribution in [0.2, 0.25) is 0 Å². The first-order valence-electron chi connectivity index (χ1n) is 7.64. The first kappa shape index (κ1) is 16.1. The molecule has 0 fully saturated rings. The summed E-state index contributed by atoms with van der Waals surface area (Å²) in [5.41, 5.74) is 6.72. The topological polar surface area (TPSA) is 41.1 Å². The maximum absolute atomic E-state index is 12.1. The second kappa shape index (κ2) is 7.12. The van der Waals surface area contributed by atoms with Gasteiger partial charge in [0, 0.05) is 24.3 Å². The van der Waals surface area contributed by atoms with Crippen LogP contribution >= 0.6 is 0 Å². The van der Waals surface area contributed by atoms with Gasteiger partial charge in [-0.05, 0) is 50.5 Å². The standard InChI is InChI=1S/C19H24N2O/c1-13-8-9-17(16(4)12-13)21-18(22)10-11-20-19-14(2)6-5-7-15(19)3/h5-9,12,20H,10-11H2,1-4H3,(H,21,22). The first-order valence-corrected chi connectivity index (χ1v) is 7.64. The van der Waals surface area contributed by atoms with Gasteiger partial charge >= 0.3 is 0 Å². The van der Waals surface area contributed by atoms with E-state index in [0.29, 0.717) is 13.0 Å². The second-order valence-electron chi connectivity index (χ2n) is 5.81. The Bertz CT molecular complexity index is 657. The van der Waals surface area contributed by atoms with Crippen molar-refractivity contribution < 1.29 is 4.79 Å². The summed E-state index contributed by atoms with van der Waals surface area (Å²) in [6, 6.07) is 12.2. The van der Waals surface area contributed by atoms with Gasteiger partial charge in [0.05, 0.1) is 0 Å². The number of para-hydroxylation sites is 1. The summed E-state index contributed by atoms with van der Waals surface area (Å²) in [6.07, 6.45) is 0.446. The summed E-state index contributed by atoms with van der Waals surface area (Å²) in [7, 11) is 0. The number of amides is 1. The molecule has 2 aromatic carbocycles. The number of nitrogens with one attached hydrogen (secondary N) is 2. The molecule has 0 aliphatic heterocycles. The molecule has 1 amide bonds. The quantitative estimate of drug-likeness (QED) is 0.860. The first-order chi connectivity index (χ1) is 10.5. The van der Waals surface area contributed by atoms with Crippen molar-refractivity contribution in [2.24, 2.45) is 0 Å². The fourth-order valence-electron chi connectivity index (χ4n) is 2.56. The molecule has 2 N–H and O–H groups in total. The van der Waals surface area contributed by atoms with Gasteiger partial charge in [-0.2, -0.15) is 0 Å². The predicted octanol–water partition coefficient (Wildman–Crippen LogP) is 4.36. The minimum absolute atomic E-state index is 0.0330. The van der Waals surface area contributed by atoms with Crippen LogP contribution in [0.3, 0.4) is 0 Å². The minimum Gasteiger partial charge on any atom is -0.384 e. The summed E-state index contributed by atoms with van der Waals surface area (Å²) in [4.78, 5) is 12.1. The van der Waals surface area contributed by atoms with Gasteiger partial charge in [-0.1, -0.05) is 35.9 Å². The van der Waals surface area contributed by atoms with Crippen LogP contribution in [0.1, 0.15) is 28.7 Å². The van der Waals surface area contributed by atoms with E-state index in [9.17, 15) is 4.79 Å². The number of hydrogen-bond acceptors (Lipinski definition) is 2. The van der Waals surface area contributed by atoms with Crippen LogP contribution in [0.5, 0.6) is 0 Å². The van der Waals surface area contributed by atoms with Crippen molar-refractivity contribution in [3.63, 3.8) is 0 Å². The number of hydrogen-bond donors (Lipinski definition) is 2. The lowest BCUT2D eigenvalue weighted by Crippen LogP contribution is -2.17. The van der Waals surface area contributed by atoms with Gasteiger partial charge in [-0.25, -0.2) is 0 Å². The smallest absolute Gasteiger partial charge is 0.226 e. The summed E-state index contributed by atoms with van der Waals surface area (Å²) in [5.74, 6) is 0.0330. The van der Waals surface area contributed by atoms with Crippen LogP contribution in [-0.2, 0) is 4.79 Å². The van der Waals surface area contributed by atoms with Crippen molar-refractivity contribution in [2.75, 3.05) is 17.2 Å². The van der Waals surface area contributed by atoms with Crippen LogP contribution in [0.4, 0.5) is 11.4 Å². The van der Waals surface area contributed by atoms with Gasteiger partial charge in [0.2, 0.25) is 5.91 Å². The molecule has 0 saturated heterocycles. The Morgan fingerprint density at radius 3 is 2.27 bits per heavy atom. The third-order valence-electron chi connectivity index (χ3n) is 3.79. The van der Waals surface area contributed by atoms with Crippen LogP contribution in [-0.4, -0.2) is 12.5 Å². The average molecular weight is 296 g/mol. The fourth-order valence-corrected chi connectivity index (χ4v) is 2.56. The zero-order valence-corrected chi connectivity index (χ0v) is 13.8.